The first kappa shape index (κ1) is 19.2. The number of ether oxygens (including phenoxy) is 2. The fourth-order valence-electron chi connectivity index (χ4n) is 2.44. The normalized spacial score (nSPS) is 10.7. The van der Waals surface area contributed by atoms with Gasteiger partial charge in [0.2, 0.25) is 0 Å². The van der Waals surface area contributed by atoms with Crippen molar-refractivity contribution in [2.75, 3.05) is 18.5 Å². The van der Waals surface area contributed by atoms with Crippen molar-refractivity contribution in [2.24, 2.45) is 5.92 Å². The number of para-hydroxylation sites is 2. The fraction of sp³-hybridized carbons (Fsp3) is 0.455. The minimum atomic E-state index is 0.512. The van der Waals surface area contributed by atoms with Crippen LogP contribution in [0.1, 0.15) is 45.6 Å². The van der Waals surface area contributed by atoms with Crippen LogP contribution in [-0.4, -0.2) is 13.2 Å². The predicted molar refractivity (Wildman–Crippen MR) is 106 cm³/mol. The summed E-state index contributed by atoms with van der Waals surface area (Å²) in [5.74, 6) is 2.37. The Morgan fingerprint density at radius 2 is 1.68 bits per heavy atom. The third-order valence-electron chi connectivity index (χ3n) is 3.88. The lowest BCUT2D eigenvalue weighted by Crippen LogP contribution is -2.07. The zero-order valence-electron chi connectivity index (χ0n) is 15.8. The number of benzene rings is 2. The summed E-state index contributed by atoms with van der Waals surface area (Å²) in [7, 11) is 0. The molecule has 0 aliphatic rings. The maximum absolute atomic E-state index is 5.89. The van der Waals surface area contributed by atoms with E-state index in [1.165, 1.54) is 18.4 Å². The molecule has 136 valence electrons. The van der Waals surface area contributed by atoms with Crippen LogP contribution in [0.15, 0.2) is 48.5 Å². The highest BCUT2D eigenvalue weighted by Crippen LogP contribution is 2.25. The Bertz CT molecular complexity index is 608. The Kier molecular flexibility index (Phi) is 8.17. The minimum Gasteiger partial charge on any atom is -0.494 e. The molecule has 0 spiro atoms. The lowest BCUT2D eigenvalue weighted by Gasteiger charge is -2.14. The van der Waals surface area contributed by atoms with E-state index in [0.717, 1.165) is 43.4 Å². The molecule has 0 aliphatic heterocycles. The summed E-state index contributed by atoms with van der Waals surface area (Å²) in [5.41, 5.74) is 2.25. The maximum Gasteiger partial charge on any atom is 0.142 e. The van der Waals surface area contributed by atoms with E-state index >= 15 is 0 Å². The number of nitrogens with one attached hydrogen (secondary N) is 1. The van der Waals surface area contributed by atoms with E-state index in [-0.39, 0.29) is 0 Å². The van der Waals surface area contributed by atoms with Crippen molar-refractivity contribution >= 4 is 5.69 Å². The Labute approximate surface area is 152 Å². The molecule has 2 aromatic rings. The van der Waals surface area contributed by atoms with Crippen molar-refractivity contribution in [3.63, 3.8) is 0 Å². The van der Waals surface area contributed by atoms with Crippen molar-refractivity contribution in [1.29, 1.82) is 0 Å². The van der Waals surface area contributed by atoms with E-state index in [1.807, 2.05) is 30.3 Å². The summed E-state index contributed by atoms with van der Waals surface area (Å²) in [6.07, 6.45) is 3.56. The molecular weight excluding hydrogens is 310 g/mol. The van der Waals surface area contributed by atoms with Crippen molar-refractivity contribution < 1.29 is 9.47 Å². The van der Waals surface area contributed by atoms with Crippen molar-refractivity contribution in [3.05, 3.63) is 54.1 Å². The van der Waals surface area contributed by atoms with Crippen LogP contribution < -0.4 is 14.8 Å². The molecule has 0 aliphatic carbocycles. The van der Waals surface area contributed by atoms with Crippen molar-refractivity contribution in [1.82, 2.24) is 0 Å². The zero-order valence-corrected chi connectivity index (χ0v) is 15.8. The quantitative estimate of drug-likeness (QED) is 0.516. The summed E-state index contributed by atoms with van der Waals surface area (Å²) in [4.78, 5) is 0. The van der Waals surface area contributed by atoms with Gasteiger partial charge in [-0.2, -0.15) is 0 Å². The summed E-state index contributed by atoms with van der Waals surface area (Å²) in [6, 6.07) is 16.4. The Morgan fingerprint density at radius 3 is 2.40 bits per heavy atom. The van der Waals surface area contributed by atoms with E-state index in [2.05, 4.69) is 44.3 Å². The lowest BCUT2D eigenvalue weighted by atomic mass is 10.2. The molecule has 0 bridgehead atoms. The molecule has 2 aromatic carbocycles. The first-order valence-corrected chi connectivity index (χ1v) is 9.36. The molecule has 1 N–H and O–H groups in total. The van der Waals surface area contributed by atoms with Gasteiger partial charge in [0.1, 0.15) is 11.5 Å². The Balaban J connectivity index is 1.85. The topological polar surface area (TPSA) is 30.5 Å². The number of unbranched alkanes of at least 4 members (excludes halogenated alkanes) is 2. The minimum absolute atomic E-state index is 0.512. The average molecular weight is 341 g/mol. The van der Waals surface area contributed by atoms with Crippen LogP contribution in [-0.2, 0) is 6.54 Å². The molecular formula is C22H31NO2. The fourth-order valence-corrected chi connectivity index (χ4v) is 2.44. The van der Waals surface area contributed by atoms with Crippen LogP contribution >= 0.6 is 0 Å². The summed E-state index contributed by atoms with van der Waals surface area (Å²) in [6.45, 7) is 8.80. The molecule has 2 rings (SSSR count). The Morgan fingerprint density at radius 1 is 0.920 bits per heavy atom. The summed E-state index contributed by atoms with van der Waals surface area (Å²) in [5, 5.41) is 3.47. The highest BCUT2D eigenvalue weighted by atomic mass is 16.5. The smallest absolute Gasteiger partial charge is 0.142 e. The largest absolute Gasteiger partial charge is 0.494 e. The second-order valence-corrected chi connectivity index (χ2v) is 6.75. The van der Waals surface area contributed by atoms with E-state index in [1.54, 1.807) is 0 Å². The van der Waals surface area contributed by atoms with Gasteiger partial charge in [0, 0.05) is 6.54 Å². The van der Waals surface area contributed by atoms with Crippen LogP contribution in [0.2, 0.25) is 0 Å². The molecule has 0 saturated heterocycles. The Hall–Kier alpha value is -2.16. The van der Waals surface area contributed by atoms with Gasteiger partial charge in [-0.05, 0) is 42.2 Å². The number of rotatable bonds is 11. The molecule has 25 heavy (non-hydrogen) atoms. The van der Waals surface area contributed by atoms with Gasteiger partial charge in [-0.1, -0.05) is 57.9 Å². The predicted octanol–water partition coefficient (Wildman–Crippen LogP) is 5.90. The second-order valence-electron chi connectivity index (χ2n) is 6.75. The van der Waals surface area contributed by atoms with Crippen LogP contribution in [0.4, 0.5) is 5.69 Å². The second kappa shape index (κ2) is 10.7. The van der Waals surface area contributed by atoms with Gasteiger partial charge >= 0.3 is 0 Å². The van der Waals surface area contributed by atoms with E-state index < -0.39 is 0 Å². The van der Waals surface area contributed by atoms with Gasteiger partial charge in [-0.15, -0.1) is 0 Å². The summed E-state index contributed by atoms with van der Waals surface area (Å²) < 4.78 is 11.6. The standard InChI is InChI=1S/C22H31NO2/c1-4-5-8-15-24-20-13-11-19(12-14-20)16-23-21-9-6-7-10-22(21)25-17-18(2)3/h6-7,9-14,18,23H,4-5,8,15-17H2,1-3H3. The van der Waals surface area contributed by atoms with E-state index in [0.29, 0.717) is 5.92 Å². The van der Waals surface area contributed by atoms with Gasteiger partial charge < -0.3 is 14.8 Å². The van der Waals surface area contributed by atoms with Crippen LogP contribution in [0.3, 0.4) is 0 Å². The monoisotopic (exact) mass is 341 g/mol. The molecule has 0 fully saturated rings. The molecule has 0 unspecified atom stereocenters. The van der Waals surface area contributed by atoms with Gasteiger partial charge in [0.25, 0.3) is 0 Å². The van der Waals surface area contributed by atoms with Crippen molar-refractivity contribution in [2.45, 2.75) is 46.6 Å². The van der Waals surface area contributed by atoms with E-state index in [9.17, 15) is 0 Å². The van der Waals surface area contributed by atoms with E-state index in [4.69, 9.17) is 9.47 Å². The van der Waals surface area contributed by atoms with Gasteiger partial charge in [0.05, 0.1) is 18.9 Å². The van der Waals surface area contributed by atoms with Gasteiger partial charge in [-0.3, -0.25) is 0 Å². The zero-order chi connectivity index (χ0) is 17.9. The molecule has 0 atom stereocenters. The average Bonchev–Trinajstić information content (AvgIpc) is 2.63. The molecule has 0 aromatic heterocycles. The molecule has 0 amide bonds. The number of hydrogen-bond donors (Lipinski definition) is 1. The van der Waals surface area contributed by atoms with Crippen LogP contribution in [0.5, 0.6) is 11.5 Å². The van der Waals surface area contributed by atoms with Gasteiger partial charge in [-0.25, -0.2) is 0 Å². The molecule has 3 nitrogen and oxygen atoms in total. The molecule has 0 radical (unpaired) electrons. The third kappa shape index (κ3) is 7.08. The first-order chi connectivity index (χ1) is 12.2. The molecule has 0 heterocycles. The van der Waals surface area contributed by atoms with Gasteiger partial charge in [0.15, 0.2) is 0 Å². The first-order valence-electron chi connectivity index (χ1n) is 9.36. The highest BCUT2D eigenvalue weighted by molar-refractivity contribution is 5.56. The number of hydrogen-bond acceptors (Lipinski definition) is 3. The SMILES string of the molecule is CCCCCOc1ccc(CNc2ccccc2OCC(C)C)cc1. The van der Waals surface area contributed by atoms with Crippen LogP contribution in [0, 0.1) is 5.92 Å². The maximum atomic E-state index is 5.89. The third-order valence-corrected chi connectivity index (χ3v) is 3.88. The molecule has 3 heteroatoms. The van der Waals surface area contributed by atoms with Crippen LogP contribution in [0.25, 0.3) is 0 Å². The number of anilines is 1. The highest BCUT2D eigenvalue weighted by Gasteiger charge is 2.04. The molecule has 0 saturated carbocycles. The summed E-state index contributed by atoms with van der Waals surface area (Å²) >= 11 is 0. The lowest BCUT2D eigenvalue weighted by molar-refractivity contribution is 0.272. The van der Waals surface area contributed by atoms with Crippen molar-refractivity contribution in [3.8, 4) is 11.5 Å².